The number of amides is 1. The molecule has 0 aliphatic rings. The number of carbonyl (C=O) groups is 1. The number of rotatable bonds is 6. The number of fused-ring (bicyclic) bond motifs is 1. The largest absolute Gasteiger partial charge is 0.350 e. The highest BCUT2D eigenvalue weighted by molar-refractivity contribution is 9.10. The minimum absolute atomic E-state index is 0.0776. The zero-order chi connectivity index (χ0) is 17.8. The summed E-state index contributed by atoms with van der Waals surface area (Å²) in [7, 11) is 0. The summed E-state index contributed by atoms with van der Waals surface area (Å²) < 4.78 is 2.45. The molecule has 0 fully saturated rings. The van der Waals surface area contributed by atoms with E-state index in [0.29, 0.717) is 29.1 Å². The molecule has 0 saturated heterocycles. The highest BCUT2D eigenvalue weighted by atomic mass is 79.9. The maximum absolute atomic E-state index is 12.6. The first-order valence-electron chi connectivity index (χ1n) is 7.70. The van der Waals surface area contributed by atoms with Crippen molar-refractivity contribution in [3.05, 3.63) is 55.4 Å². The summed E-state index contributed by atoms with van der Waals surface area (Å²) in [5.41, 5.74) is 0.551. The SMILES string of the molecule is CCn1c(SCC(=O)NCc2cccs2)nc2ccc(Br)cc2c1=O. The van der Waals surface area contributed by atoms with Crippen molar-refractivity contribution in [2.45, 2.75) is 25.2 Å². The van der Waals surface area contributed by atoms with Gasteiger partial charge in [0.2, 0.25) is 5.91 Å². The molecule has 1 aromatic carbocycles. The summed E-state index contributed by atoms with van der Waals surface area (Å²) in [6.07, 6.45) is 0. The molecule has 3 rings (SSSR count). The molecular formula is C17H16BrN3O2S2. The maximum atomic E-state index is 12.6. The zero-order valence-corrected chi connectivity index (χ0v) is 16.7. The third-order valence-electron chi connectivity index (χ3n) is 3.57. The Bertz CT molecular complexity index is 954. The highest BCUT2D eigenvalue weighted by Gasteiger charge is 2.12. The fourth-order valence-corrected chi connectivity index (χ4v) is 4.24. The van der Waals surface area contributed by atoms with Crippen molar-refractivity contribution in [3.63, 3.8) is 0 Å². The van der Waals surface area contributed by atoms with Gasteiger partial charge in [-0.3, -0.25) is 14.2 Å². The minimum atomic E-state index is -0.0877. The molecule has 130 valence electrons. The molecule has 2 aromatic heterocycles. The molecule has 3 aromatic rings. The van der Waals surface area contributed by atoms with E-state index in [0.717, 1.165) is 9.35 Å². The van der Waals surface area contributed by atoms with Gasteiger partial charge in [-0.15, -0.1) is 11.3 Å². The molecule has 2 heterocycles. The third kappa shape index (κ3) is 4.31. The van der Waals surface area contributed by atoms with E-state index in [2.05, 4.69) is 26.2 Å². The van der Waals surface area contributed by atoms with Gasteiger partial charge in [-0.05, 0) is 36.6 Å². The first kappa shape index (κ1) is 18.2. The van der Waals surface area contributed by atoms with Gasteiger partial charge in [0.15, 0.2) is 5.16 Å². The number of hydrogen-bond donors (Lipinski definition) is 1. The quantitative estimate of drug-likeness (QED) is 0.472. The van der Waals surface area contributed by atoms with E-state index in [1.165, 1.54) is 11.8 Å². The minimum Gasteiger partial charge on any atom is -0.350 e. The van der Waals surface area contributed by atoms with Gasteiger partial charge in [-0.1, -0.05) is 33.8 Å². The molecule has 0 aliphatic heterocycles. The molecule has 0 spiro atoms. The lowest BCUT2D eigenvalue weighted by atomic mass is 10.2. The van der Waals surface area contributed by atoms with Crippen molar-refractivity contribution < 1.29 is 4.79 Å². The summed E-state index contributed by atoms with van der Waals surface area (Å²) in [5.74, 6) is 0.144. The van der Waals surface area contributed by atoms with Crippen molar-refractivity contribution in [1.82, 2.24) is 14.9 Å². The summed E-state index contributed by atoms with van der Waals surface area (Å²) in [4.78, 5) is 30.4. The van der Waals surface area contributed by atoms with E-state index >= 15 is 0 Å². The van der Waals surface area contributed by atoms with Gasteiger partial charge >= 0.3 is 0 Å². The number of benzene rings is 1. The van der Waals surface area contributed by atoms with E-state index in [-0.39, 0.29) is 17.2 Å². The van der Waals surface area contributed by atoms with Gasteiger partial charge in [0, 0.05) is 15.9 Å². The molecule has 1 amide bonds. The number of nitrogens with zero attached hydrogens (tertiary/aromatic N) is 2. The van der Waals surface area contributed by atoms with Crippen LogP contribution in [0.4, 0.5) is 0 Å². The third-order valence-corrected chi connectivity index (χ3v) is 5.92. The molecule has 0 radical (unpaired) electrons. The van der Waals surface area contributed by atoms with Gasteiger partial charge in [-0.2, -0.15) is 0 Å². The summed E-state index contributed by atoms with van der Waals surface area (Å²) in [6, 6.07) is 9.38. The zero-order valence-electron chi connectivity index (χ0n) is 13.5. The maximum Gasteiger partial charge on any atom is 0.262 e. The van der Waals surface area contributed by atoms with Gasteiger partial charge < -0.3 is 5.32 Å². The fraction of sp³-hybridized carbons (Fsp3) is 0.235. The van der Waals surface area contributed by atoms with E-state index < -0.39 is 0 Å². The lowest BCUT2D eigenvalue weighted by molar-refractivity contribution is -0.118. The first-order valence-corrected chi connectivity index (χ1v) is 10.4. The van der Waals surface area contributed by atoms with E-state index in [1.54, 1.807) is 22.0 Å². The number of aromatic nitrogens is 2. The Morgan fingerprint density at radius 1 is 1.40 bits per heavy atom. The van der Waals surface area contributed by atoms with Crippen LogP contribution < -0.4 is 10.9 Å². The van der Waals surface area contributed by atoms with Gasteiger partial charge in [-0.25, -0.2) is 4.98 Å². The van der Waals surface area contributed by atoms with Crippen molar-refractivity contribution in [2.24, 2.45) is 0 Å². The van der Waals surface area contributed by atoms with Gasteiger partial charge in [0.1, 0.15) is 0 Å². The van der Waals surface area contributed by atoms with E-state index in [9.17, 15) is 9.59 Å². The molecule has 0 unspecified atom stereocenters. The highest BCUT2D eigenvalue weighted by Crippen LogP contribution is 2.20. The second kappa shape index (κ2) is 8.16. The smallest absolute Gasteiger partial charge is 0.262 e. The van der Waals surface area contributed by atoms with Crippen LogP contribution in [-0.4, -0.2) is 21.2 Å². The van der Waals surface area contributed by atoms with Crippen molar-refractivity contribution in [3.8, 4) is 0 Å². The number of carbonyl (C=O) groups excluding carboxylic acids is 1. The van der Waals surface area contributed by atoms with Crippen LogP contribution in [0.5, 0.6) is 0 Å². The van der Waals surface area contributed by atoms with Crippen LogP contribution in [0.3, 0.4) is 0 Å². The van der Waals surface area contributed by atoms with E-state index in [1.807, 2.05) is 36.6 Å². The Morgan fingerprint density at radius 2 is 2.24 bits per heavy atom. The number of halogens is 1. The standard InChI is InChI=1S/C17H16BrN3O2S2/c1-2-21-16(23)13-8-11(18)5-6-14(13)20-17(21)25-10-15(22)19-9-12-4-3-7-24-12/h3-8H,2,9-10H2,1H3,(H,19,22). The topological polar surface area (TPSA) is 64.0 Å². The number of nitrogens with one attached hydrogen (secondary N) is 1. The van der Waals surface area contributed by atoms with Crippen LogP contribution in [-0.2, 0) is 17.9 Å². The summed E-state index contributed by atoms with van der Waals surface area (Å²) in [6.45, 7) is 2.93. The van der Waals surface area contributed by atoms with Crippen molar-refractivity contribution >= 4 is 55.8 Å². The van der Waals surface area contributed by atoms with Crippen LogP contribution in [0, 0.1) is 0 Å². The Balaban J connectivity index is 1.75. The second-order valence-electron chi connectivity index (χ2n) is 5.25. The van der Waals surface area contributed by atoms with Crippen LogP contribution >= 0.6 is 39.0 Å². The van der Waals surface area contributed by atoms with Gasteiger partial charge in [0.05, 0.1) is 23.2 Å². The van der Waals surface area contributed by atoms with Gasteiger partial charge in [0.25, 0.3) is 5.56 Å². The fourth-order valence-electron chi connectivity index (χ4n) is 2.34. The Kier molecular flexibility index (Phi) is 5.93. The second-order valence-corrected chi connectivity index (χ2v) is 8.14. The number of thioether (sulfide) groups is 1. The van der Waals surface area contributed by atoms with Crippen LogP contribution in [0.2, 0.25) is 0 Å². The monoisotopic (exact) mass is 437 g/mol. The normalized spacial score (nSPS) is 11.0. The average molecular weight is 438 g/mol. The molecule has 25 heavy (non-hydrogen) atoms. The molecule has 1 N–H and O–H groups in total. The van der Waals surface area contributed by atoms with Crippen LogP contribution in [0.1, 0.15) is 11.8 Å². The Morgan fingerprint density at radius 3 is 2.96 bits per heavy atom. The molecular weight excluding hydrogens is 422 g/mol. The molecule has 5 nitrogen and oxygen atoms in total. The molecule has 8 heteroatoms. The van der Waals surface area contributed by atoms with Crippen molar-refractivity contribution in [2.75, 3.05) is 5.75 Å². The van der Waals surface area contributed by atoms with Crippen LogP contribution in [0.15, 0.2) is 50.1 Å². The lowest BCUT2D eigenvalue weighted by Crippen LogP contribution is -2.26. The summed E-state index contributed by atoms with van der Waals surface area (Å²) in [5, 5.41) is 6.00. The van der Waals surface area contributed by atoms with Crippen LogP contribution in [0.25, 0.3) is 10.9 Å². The summed E-state index contributed by atoms with van der Waals surface area (Å²) >= 11 is 6.27. The first-order chi connectivity index (χ1) is 12.1. The Labute approximate surface area is 161 Å². The molecule has 0 bridgehead atoms. The molecule has 0 saturated carbocycles. The predicted octanol–water partition coefficient (Wildman–Crippen LogP) is 3.65. The van der Waals surface area contributed by atoms with Crippen molar-refractivity contribution in [1.29, 1.82) is 0 Å². The predicted molar refractivity (Wildman–Crippen MR) is 106 cm³/mol. The lowest BCUT2D eigenvalue weighted by Gasteiger charge is -2.11. The molecule has 0 aliphatic carbocycles. The number of thiophene rings is 1. The average Bonchev–Trinajstić information content (AvgIpc) is 3.12. The number of hydrogen-bond acceptors (Lipinski definition) is 5. The van der Waals surface area contributed by atoms with E-state index in [4.69, 9.17) is 0 Å². The Hall–Kier alpha value is -1.64. The molecule has 0 atom stereocenters.